The average molecular weight is 182 g/mol. The number of rotatable bonds is 2. The van der Waals surface area contributed by atoms with Gasteiger partial charge in [0, 0.05) is 6.61 Å². The fourth-order valence-corrected chi connectivity index (χ4v) is 1.35. The lowest BCUT2D eigenvalue weighted by molar-refractivity contribution is -0.106. The molecule has 0 amide bonds. The molecule has 66 valence electrons. The zero-order valence-corrected chi connectivity index (χ0v) is 6.71. The molecule has 0 aromatic heterocycles. The van der Waals surface area contributed by atoms with Crippen LogP contribution in [0.1, 0.15) is 19.3 Å². The molecule has 0 radical (unpaired) electrons. The van der Waals surface area contributed by atoms with E-state index >= 15 is 0 Å². The van der Waals surface area contributed by atoms with Gasteiger partial charge in [0.1, 0.15) is 0 Å². The molecule has 1 fully saturated rings. The summed E-state index contributed by atoms with van der Waals surface area (Å²) in [5.41, 5.74) is 0. The first kappa shape index (κ1) is 8.92. The molecule has 0 spiro atoms. The number of hydrogen-bond acceptors (Lipinski definition) is 4. The second kappa shape index (κ2) is 3.48. The van der Waals surface area contributed by atoms with Crippen molar-refractivity contribution < 1.29 is 21.9 Å². The molecule has 1 atom stereocenters. The molecule has 0 aliphatic carbocycles. The predicted molar refractivity (Wildman–Crippen MR) is 36.2 cm³/mol. The summed E-state index contributed by atoms with van der Waals surface area (Å²) in [5.74, 6) is 0. The Morgan fingerprint density at radius 2 is 2.18 bits per heavy atom. The molecule has 11 heavy (non-hydrogen) atoms. The maximum atomic E-state index is 10.2. The van der Waals surface area contributed by atoms with Crippen LogP contribution >= 0.6 is 0 Å². The van der Waals surface area contributed by atoms with Crippen molar-refractivity contribution in [3.8, 4) is 0 Å². The van der Waals surface area contributed by atoms with E-state index in [0.29, 0.717) is 13.0 Å². The van der Waals surface area contributed by atoms with Crippen LogP contribution in [-0.4, -0.2) is 25.9 Å². The summed E-state index contributed by atoms with van der Waals surface area (Å²) in [6.07, 6.45) is 1.49. The first-order valence-electron chi connectivity index (χ1n) is 3.35. The van der Waals surface area contributed by atoms with E-state index in [2.05, 4.69) is 4.18 Å². The van der Waals surface area contributed by atoms with Crippen LogP contribution in [0.4, 0.5) is 0 Å². The van der Waals surface area contributed by atoms with Gasteiger partial charge in [-0.05, 0) is 19.3 Å². The molecular formula is C5H10O5S. The van der Waals surface area contributed by atoms with E-state index in [9.17, 15) is 8.42 Å². The van der Waals surface area contributed by atoms with Gasteiger partial charge in [0.15, 0.2) is 6.29 Å². The monoisotopic (exact) mass is 182 g/mol. The maximum absolute atomic E-state index is 10.2. The maximum Gasteiger partial charge on any atom is 0.399 e. The summed E-state index contributed by atoms with van der Waals surface area (Å²) in [6.45, 7) is 0.486. The van der Waals surface area contributed by atoms with Crippen molar-refractivity contribution in [2.24, 2.45) is 0 Å². The van der Waals surface area contributed by atoms with Gasteiger partial charge in [-0.15, -0.1) is 0 Å². The lowest BCUT2D eigenvalue weighted by Crippen LogP contribution is -2.24. The zero-order valence-electron chi connectivity index (χ0n) is 5.89. The van der Waals surface area contributed by atoms with Gasteiger partial charge in [0.25, 0.3) is 0 Å². The number of hydrogen-bond donors (Lipinski definition) is 1. The lowest BCUT2D eigenvalue weighted by atomic mass is 10.2. The first-order chi connectivity index (χ1) is 5.08. The highest BCUT2D eigenvalue weighted by Crippen LogP contribution is 2.14. The van der Waals surface area contributed by atoms with E-state index in [1.807, 2.05) is 0 Å². The third-order valence-electron chi connectivity index (χ3n) is 1.37. The van der Waals surface area contributed by atoms with Crippen LogP contribution < -0.4 is 0 Å². The predicted octanol–water partition coefficient (Wildman–Crippen LogP) is 0.332. The van der Waals surface area contributed by atoms with Crippen molar-refractivity contribution in [3.05, 3.63) is 0 Å². The molecule has 5 nitrogen and oxygen atoms in total. The van der Waals surface area contributed by atoms with Gasteiger partial charge in [-0.3, -0.25) is 4.55 Å². The van der Waals surface area contributed by atoms with Gasteiger partial charge in [-0.1, -0.05) is 0 Å². The highest BCUT2D eigenvalue weighted by molar-refractivity contribution is 7.80. The van der Waals surface area contributed by atoms with Gasteiger partial charge in [-0.2, -0.15) is 8.42 Å². The quantitative estimate of drug-likeness (QED) is 0.623. The highest BCUT2D eigenvalue weighted by atomic mass is 32.3. The van der Waals surface area contributed by atoms with Crippen LogP contribution in [0.2, 0.25) is 0 Å². The summed E-state index contributed by atoms with van der Waals surface area (Å²) >= 11 is 0. The summed E-state index contributed by atoms with van der Waals surface area (Å²) < 4.78 is 37.6. The van der Waals surface area contributed by atoms with E-state index in [1.54, 1.807) is 0 Å². The van der Waals surface area contributed by atoms with Crippen molar-refractivity contribution >= 4 is 10.4 Å². The van der Waals surface area contributed by atoms with Crippen molar-refractivity contribution in [1.29, 1.82) is 0 Å². The Balaban J connectivity index is 2.36. The van der Waals surface area contributed by atoms with Crippen molar-refractivity contribution in [2.45, 2.75) is 25.6 Å². The van der Waals surface area contributed by atoms with Crippen molar-refractivity contribution in [1.82, 2.24) is 0 Å². The van der Waals surface area contributed by atoms with Crippen LogP contribution in [-0.2, 0) is 19.3 Å². The van der Waals surface area contributed by atoms with Crippen LogP contribution in [0.15, 0.2) is 0 Å². The standard InChI is InChI=1S/C5H10O5S/c6-11(7,8)10-5-3-1-2-4-9-5/h5H,1-4H2,(H,6,7,8). The molecule has 6 heteroatoms. The molecule has 0 aromatic rings. The van der Waals surface area contributed by atoms with Crippen LogP contribution in [0, 0.1) is 0 Å². The van der Waals surface area contributed by atoms with E-state index < -0.39 is 16.7 Å². The second-order valence-electron chi connectivity index (χ2n) is 2.32. The average Bonchev–Trinajstić information content (AvgIpc) is 1.85. The van der Waals surface area contributed by atoms with Gasteiger partial charge in [0.2, 0.25) is 0 Å². The molecule has 1 aliphatic heterocycles. The molecule has 1 unspecified atom stereocenters. The Hall–Kier alpha value is -0.170. The summed E-state index contributed by atoms with van der Waals surface area (Å²) in [4.78, 5) is 0. The van der Waals surface area contributed by atoms with E-state index in [4.69, 9.17) is 9.29 Å². The SMILES string of the molecule is O=S(=O)(O)OC1CCCCO1. The normalized spacial score (nSPS) is 26.8. The van der Waals surface area contributed by atoms with Crippen LogP contribution in [0.25, 0.3) is 0 Å². The minimum Gasteiger partial charge on any atom is -0.351 e. The fourth-order valence-electron chi connectivity index (χ4n) is 0.923. The van der Waals surface area contributed by atoms with Gasteiger partial charge in [-0.25, -0.2) is 4.18 Å². The summed E-state index contributed by atoms with van der Waals surface area (Å²) in [7, 11) is -4.35. The Kier molecular flexibility index (Phi) is 2.83. The largest absolute Gasteiger partial charge is 0.399 e. The van der Waals surface area contributed by atoms with Crippen molar-refractivity contribution in [2.75, 3.05) is 6.61 Å². The van der Waals surface area contributed by atoms with Gasteiger partial charge < -0.3 is 4.74 Å². The Labute approximate surface area is 65.3 Å². The Morgan fingerprint density at radius 3 is 2.64 bits per heavy atom. The fraction of sp³-hybridized carbons (Fsp3) is 1.00. The topological polar surface area (TPSA) is 72.8 Å². The molecule has 1 N–H and O–H groups in total. The van der Waals surface area contributed by atoms with Crippen LogP contribution in [0.5, 0.6) is 0 Å². The minimum absolute atomic E-state index is 0.486. The molecule has 0 bridgehead atoms. The Bertz CT molecular complexity index is 203. The Morgan fingerprint density at radius 1 is 1.45 bits per heavy atom. The van der Waals surface area contributed by atoms with Gasteiger partial charge >= 0.3 is 10.4 Å². The van der Waals surface area contributed by atoms with Crippen LogP contribution in [0.3, 0.4) is 0 Å². The third-order valence-corrected chi connectivity index (χ3v) is 1.82. The minimum atomic E-state index is -4.35. The zero-order chi connectivity index (χ0) is 8.32. The van der Waals surface area contributed by atoms with Gasteiger partial charge in [0.05, 0.1) is 0 Å². The first-order valence-corrected chi connectivity index (χ1v) is 4.72. The van der Waals surface area contributed by atoms with E-state index in [1.165, 1.54) is 0 Å². The van der Waals surface area contributed by atoms with Crippen molar-refractivity contribution in [3.63, 3.8) is 0 Å². The van der Waals surface area contributed by atoms with E-state index in [-0.39, 0.29) is 0 Å². The lowest BCUT2D eigenvalue weighted by Gasteiger charge is -2.20. The molecular weight excluding hydrogens is 172 g/mol. The summed E-state index contributed by atoms with van der Waals surface area (Å²) in [6, 6.07) is 0. The molecule has 1 saturated heterocycles. The molecule has 1 rings (SSSR count). The number of ether oxygens (including phenoxy) is 1. The highest BCUT2D eigenvalue weighted by Gasteiger charge is 2.19. The second-order valence-corrected chi connectivity index (χ2v) is 3.37. The smallest absolute Gasteiger partial charge is 0.351 e. The third kappa shape index (κ3) is 3.66. The molecule has 1 aliphatic rings. The molecule has 0 aromatic carbocycles. The molecule has 0 saturated carbocycles. The summed E-state index contributed by atoms with van der Waals surface area (Å²) in [5, 5.41) is 0. The van der Waals surface area contributed by atoms with E-state index in [0.717, 1.165) is 12.8 Å². The molecule has 1 heterocycles.